The van der Waals surface area contributed by atoms with E-state index in [1.165, 1.54) is 0 Å². The summed E-state index contributed by atoms with van der Waals surface area (Å²) in [6.07, 6.45) is 1.32. The van der Waals surface area contributed by atoms with Crippen molar-refractivity contribution in [3.8, 4) is 0 Å². The van der Waals surface area contributed by atoms with Crippen molar-refractivity contribution in [2.24, 2.45) is 11.7 Å². The first kappa shape index (κ1) is 21.8. The van der Waals surface area contributed by atoms with E-state index in [4.69, 9.17) is 5.73 Å². The maximum atomic E-state index is 13.8. The van der Waals surface area contributed by atoms with Crippen molar-refractivity contribution in [2.75, 3.05) is 19.6 Å². The third-order valence-corrected chi connectivity index (χ3v) is 5.48. The fraction of sp³-hybridized carbons (Fsp3) is 0.364. The summed E-state index contributed by atoms with van der Waals surface area (Å²) in [7, 11) is 0. The predicted octanol–water partition coefficient (Wildman–Crippen LogP) is 2.64. The minimum Gasteiger partial charge on any atom is -0.343 e. The second kappa shape index (κ2) is 9.75. The van der Waals surface area contributed by atoms with E-state index in [9.17, 15) is 22.8 Å². The zero-order valence-electron chi connectivity index (χ0n) is 16.4. The first-order valence-electron chi connectivity index (χ1n) is 9.85. The van der Waals surface area contributed by atoms with Crippen molar-refractivity contribution in [1.29, 1.82) is 0 Å². The summed E-state index contributed by atoms with van der Waals surface area (Å²) < 4.78 is 40.3. The molecule has 1 atom stereocenters. The summed E-state index contributed by atoms with van der Waals surface area (Å²) in [6.45, 7) is 0.849. The molecule has 0 radical (unpaired) electrons. The Morgan fingerprint density at radius 1 is 1.03 bits per heavy atom. The minimum absolute atomic E-state index is 0.0282. The molecule has 2 aromatic carbocycles. The SMILES string of the molecule is N[C@H](Cc1cc(F)c(F)cc1F)C1CCN(C(=O)CNC(=O)c2ccccc2)CC1. The molecule has 0 spiro atoms. The van der Waals surface area contributed by atoms with Gasteiger partial charge in [0.15, 0.2) is 11.6 Å². The van der Waals surface area contributed by atoms with Crippen molar-refractivity contribution >= 4 is 11.8 Å². The normalized spacial score (nSPS) is 15.7. The van der Waals surface area contributed by atoms with E-state index in [0.29, 0.717) is 37.6 Å². The van der Waals surface area contributed by atoms with Gasteiger partial charge in [0.1, 0.15) is 5.82 Å². The Morgan fingerprint density at radius 2 is 1.67 bits per heavy atom. The van der Waals surface area contributed by atoms with E-state index in [1.54, 1.807) is 35.2 Å². The Labute approximate surface area is 173 Å². The van der Waals surface area contributed by atoms with Crippen LogP contribution in [-0.4, -0.2) is 42.4 Å². The van der Waals surface area contributed by atoms with Crippen LogP contribution in [0.4, 0.5) is 13.2 Å². The standard InChI is InChI=1S/C22H24F3N3O2/c23-17-12-19(25)18(24)10-16(17)11-20(26)14-6-8-28(9-7-14)21(29)13-27-22(30)15-4-2-1-3-5-15/h1-5,10,12,14,20H,6-9,11,13,26H2,(H,27,30)/t20-/m1/s1. The van der Waals surface area contributed by atoms with Crippen molar-refractivity contribution in [3.05, 3.63) is 71.0 Å². The number of rotatable bonds is 6. The highest BCUT2D eigenvalue weighted by Gasteiger charge is 2.27. The largest absolute Gasteiger partial charge is 0.343 e. The number of carbonyl (C=O) groups is 2. The van der Waals surface area contributed by atoms with Gasteiger partial charge in [-0.2, -0.15) is 0 Å². The molecule has 3 N–H and O–H groups in total. The van der Waals surface area contributed by atoms with Crippen molar-refractivity contribution in [1.82, 2.24) is 10.2 Å². The van der Waals surface area contributed by atoms with Crippen molar-refractivity contribution in [2.45, 2.75) is 25.3 Å². The van der Waals surface area contributed by atoms with E-state index in [0.717, 1.165) is 6.07 Å². The van der Waals surface area contributed by atoms with Crippen molar-refractivity contribution in [3.63, 3.8) is 0 Å². The molecule has 1 aliphatic rings. The van der Waals surface area contributed by atoms with Crippen molar-refractivity contribution < 1.29 is 22.8 Å². The molecule has 1 saturated heterocycles. The Hall–Kier alpha value is -2.87. The van der Waals surface area contributed by atoms with E-state index in [-0.39, 0.29) is 36.3 Å². The number of amides is 2. The molecule has 30 heavy (non-hydrogen) atoms. The quantitative estimate of drug-likeness (QED) is 0.707. The molecule has 5 nitrogen and oxygen atoms in total. The van der Waals surface area contributed by atoms with Gasteiger partial charge in [-0.05, 0) is 48.9 Å². The maximum Gasteiger partial charge on any atom is 0.251 e. The number of nitrogens with two attached hydrogens (primary N) is 1. The highest BCUT2D eigenvalue weighted by molar-refractivity contribution is 5.96. The zero-order valence-corrected chi connectivity index (χ0v) is 16.4. The summed E-state index contributed by atoms with van der Waals surface area (Å²) in [5, 5.41) is 2.62. The van der Waals surface area contributed by atoms with Gasteiger partial charge in [-0.3, -0.25) is 9.59 Å². The van der Waals surface area contributed by atoms with E-state index >= 15 is 0 Å². The number of benzene rings is 2. The van der Waals surface area contributed by atoms with Crippen LogP contribution < -0.4 is 11.1 Å². The topological polar surface area (TPSA) is 75.4 Å². The second-order valence-corrected chi connectivity index (χ2v) is 7.49. The van der Waals surface area contributed by atoms with Crippen LogP contribution in [0.3, 0.4) is 0 Å². The predicted molar refractivity (Wildman–Crippen MR) is 106 cm³/mol. The first-order valence-corrected chi connectivity index (χ1v) is 9.85. The van der Waals surface area contributed by atoms with Crippen LogP contribution in [-0.2, 0) is 11.2 Å². The molecule has 160 valence electrons. The number of hydrogen-bond donors (Lipinski definition) is 2. The summed E-state index contributed by atoms with van der Waals surface area (Å²) in [5.41, 5.74) is 6.71. The molecule has 0 saturated carbocycles. The molecule has 2 amide bonds. The smallest absolute Gasteiger partial charge is 0.251 e. The molecule has 0 unspecified atom stereocenters. The highest BCUT2D eigenvalue weighted by Crippen LogP contribution is 2.23. The molecule has 0 aliphatic carbocycles. The first-order chi connectivity index (χ1) is 14.3. The molecule has 0 bridgehead atoms. The molecule has 1 aliphatic heterocycles. The number of nitrogens with one attached hydrogen (secondary N) is 1. The summed E-state index contributed by atoms with van der Waals surface area (Å²) in [6, 6.07) is 9.58. The van der Waals surface area contributed by atoms with E-state index < -0.39 is 23.5 Å². The number of piperidine rings is 1. The Bertz CT molecular complexity index is 900. The van der Waals surface area contributed by atoms with Crippen LogP contribution in [0.15, 0.2) is 42.5 Å². The lowest BCUT2D eigenvalue weighted by atomic mass is 9.86. The second-order valence-electron chi connectivity index (χ2n) is 7.49. The van der Waals surface area contributed by atoms with Gasteiger partial charge in [0.25, 0.3) is 5.91 Å². The van der Waals surface area contributed by atoms with Crippen LogP contribution in [0, 0.1) is 23.4 Å². The maximum absolute atomic E-state index is 13.8. The number of likely N-dealkylation sites (tertiary alicyclic amines) is 1. The monoisotopic (exact) mass is 419 g/mol. The zero-order chi connectivity index (χ0) is 21.7. The number of nitrogens with zero attached hydrogens (tertiary/aromatic N) is 1. The highest BCUT2D eigenvalue weighted by atomic mass is 19.2. The Morgan fingerprint density at radius 3 is 2.33 bits per heavy atom. The third-order valence-electron chi connectivity index (χ3n) is 5.48. The number of halogens is 3. The van der Waals surface area contributed by atoms with Gasteiger partial charge < -0.3 is 16.0 Å². The van der Waals surface area contributed by atoms with Gasteiger partial charge in [-0.25, -0.2) is 13.2 Å². The Balaban J connectivity index is 1.46. The summed E-state index contributed by atoms with van der Waals surface area (Å²) >= 11 is 0. The molecule has 1 fully saturated rings. The van der Waals surface area contributed by atoms with Gasteiger partial charge in [0, 0.05) is 30.8 Å². The average molecular weight is 419 g/mol. The lowest BCUT2D eigenvalue weighted by molar-refractivity contribution is -0.131. The third kappa shape index (κ3) is 5.38. The number of hydrogen-bond acceptors (Lipinski definition) is 3. The minimum atomic E-state index is -1.23. The van der Waals surface area contributed by atoms with Crippen LogP contribution in [0.2, 0.25) is 0 Å². The summed E-state index contributed by atoms with van der Waals surface area (Å²) in [5.74, 6) is -3.61. The molecular formula is C22H24F3N3O2. The van der Waals surface area contributed by atoms with E-state index in [2.05, 4.69) is 5.32 Å². The summed E-state index contributed by atoms with van der Waals surface area (Å²) in [4.78, 5) is 26.1. The lowest BCUT2D eigenvalue weighted by Gasteiger charge is -2.35. The molecule has 1 heterocycles. The van der Waals surface area contributed by atoms with Crippen LogP contribution in [0.1, 0.15) is 28.8 Å². The van der Waals surface area contributed by atoms with Gasteiger partial charge in [-0.15, -0.1) is 0 Å². The molecule has 3 rings (SSSR count). The molecule has 8 heteroatoms. The van der Waals surface area contributed by atoms with Gasteiger partial charge in [0.2, 0.25) is 5.91 Å². The fourth-order valence-electron chi connectivity index (χ4n) is 3.68. The van der Waals surface area contributed by atoms with Gasteiger partial charge >= 0.3 is 0 Å². The average Bonchev–Trinajstić information content (AvgIpc) is 2.76. The Kier molecular flexibility index (Phi) is 7.10. The molecular weight excluding hydrogens is 395 g/mol. The lowest BCUT2D eigenvalue weighted by Crippen LogP contribution is -2.47. The number of carbonyl (C=O) groups excluding carboxylic acids is 2. The van der Waals surface area contributed by atoms with Crippen LogP contribution in [0.5, 0.6) is 0 Å². The fourth-order valence-corrected chi connectivity index (χ4v) is 3.68. The van der Waals surface area contributed by atoms with E-state index in [1.807, 2.05) is 0 Å². The van der Waals surface area contributed by atoms with Gasteiger partial charge in [-0.1, -0.05) is 18.2 Å². The van der Waals surface area contributed by atoms with Gasteiger partial charge in [0.05, 0.1) is 6.54 Å². The molecule has 2 aromatic rings. The van der Waals surface area contributed by atoms with Crippen LogP contribution >= 0.6 is 0 Å². The molecule has 0 aromatic heterocycles. The van der Waals surface area contributed by atoms with Crippen LogP contribution in [0.25, 0.3) is 0 Å².